The maximum Gasteiger partial charge on any atom is 0.417 e. The molecule has 1 aliphatic heterocycles. The van der Waals surface area contributed by atoms with Crippen molar-refractivity contribution in [1.82, 2.24) is 4.98 Å². The van der Waals surface area contributed by atoms with Gasteiger partial charge in [-0.25, -0.2) is 4.98 Å². The minimum Gasteiger partial charge on any atom is -0.352 e. The smallest absolute Gasteiger partial charge is 0.352 e. The van der Waals surface area contributed by atoms with E-state index in [0.29, 0.717) is 11.7 Å². The van der Waals surface area contributed by atoms with E-state index in [1.54, 1.807) is 0 Å². The Hall–Kier alpha value is -0.970. The van der Waals surface area contributed by atoms with Crippen molar-refractivity contribution in [2.45, 2.75) is 32.5 Å². The zero-order valence-electron chi connectivity index (χ0n) is 10.1. The molecule has 6 heteroatoms. The fourth-order valence-electron chi connectivity index (χ4n) is 2.19. The van der Waals surface area contributed by atoms with E-state index in [2.05, 4.69) is 11.9 Å². The molecule has 2 heterocycles. The first-order valence-electron chi connectivity index (χ1n) is 5.80. The SMILES string of the molecule is CC1CCN(c2ncc(C(F)(F)F)cc2Cl)C1C. The Bertz CT molecular complexity index is 447. The van der Waals surface area contributed by atoms with Crippen LogP contribution in [0.1, 0.15) is 25.8 Å². The number of pyridine rings is 1. The van der Waals surface area contributed by atoms with Crippen LogP contribution < -0.4 is 4.90 Å². The summed E-state index contributed by atoms with van der Waals surface area (Å²) in [7, 11) is 0. The molecule has 0 radical (unpaired) electrons. The van der Waals surface area contributed by atoms with Gasteiger partial charge in [-0.1, -0.05) is 18.5 Å². The van der Waals surface area contributed by atoms with Crippen LogP contribution in [0.15, 0.2) is 12.3 Å². The van der Waals surface area contributed by atoms with Gasteiger partial charge in [0.15, 0.2) is 0 Å². The summed E-state index contributed by atoms with van der Waals surface area (Å²) in [4.78, 5) is 5.85. The van der Waals surface area contributed by atoms with Crippen molar-refractivity contribution in [3.8, 4) is 0 Å². The Morgan fingerprint density at radius 1 is 1.39 bits per heavy atom. The van der Waals surface area contributed by atoms with Gasteiger partial charge in [0, 0.05) is 18.8 Å². The molecule has 0 bridgehead atoms. The monoisotopic (exact) mass is 278 g/mol. The molecule has 18 heavy (non-hydrogen) atoms. The normalized spacial score (nSPS) is 24.7. The molecule has 2 unspecified atom stereocenters. The van der Waals surface area contributed by atoms with Crippen molar-refractivity contribution in [3.63, 3.8) is 0 Å². The molecular weight excluding hydrogens is 265 g/mol. The largest absolute Gasteiger partial charge is 0.417 e. The molecule has 0 spiro atoms. The minimum atomic E-state index is -4.40. The Kier molecular flexibility index (Phi) is 3.45. The van der Waals surface area contributed by atoms with Crippen LogP contribution in [0.4, 0.5) is 19.0 Å². The van der Waals surface area contributed by atoms with Gasteiger partial charge in [0.25, 0.3) is 0 Å². The lowest BCUT2D eigenvalue weighted by atomic mass is 10.1. The summed E-state index contributed by atoms with van der Waals surface area (Å²) < 4.78 is 37.5. The number of rotatable bonds is 1. The molecule has 1 aliphatic rings. The van der Waals surface area contributed by atoms with Crippen LogP contribution >= 0.6 is 11.6 Å². The van der Waals surface area contributed by atoms with Crippen molar-refractivity contribution in [2.24, 2.45) is 5.92 Å². The summed E-state index contributed by atoms with van der Waals surface area (Å²) in [5.41, 5.74) is -0.809. The molecule has 0 amide bonds. The Labute approximate surface area is 109 Å². The topological polar surface area (TPSA) is 16.1 Å². The van der Waals surface area contributed by atoms with Gasteiger partial charge in [-0.3, -0.25) is 0 Å². The van der Waals surface area contributed by atoms with Gasteiger partial charge >= 0.3 is 6.18 Å². The van der Waals surface area contributed by atoms with Crippen molar-refractivity contribution in [3.05, 3.63) is 22.8 Å². The summed E-state index contributed by atoms with van der Waals surface area (Å²) in [6.45, 7) is 4.93. The average Bonchev–Trinajstić information content (AvgIpc) is 2.59. The molecule has 2 nitrogen and oxygen atoms in total. The molecular formula is C12H14ClF3N2. The molecule has 1 aromatic rings. The number of nitrogens with zero attached hydrogens (tertiary/aromatic N) is 2. The van der Waals surface area contributed by atoms with E-state index >= 15 is 0 Å². The Balaban J connectivity index is 2.31. The van der Waals surface area contributed by atoms with Crippen LogP contribution in [0, 0.1) is 5.92 Å². The average molecular weight is 279 g/mol. The maximum absolute atomic E-state index is 12.5. The fourth-order valence-corrected chi connectivity index (χ4v) is 2.47. The number of alkyl halides is 3. The van der Waals surface area contributed by atoms with Crippen LogP contribution in [0.2, 0.25) is 5.02 Å². The van der Waals surface area contributed by atoms with Gasteiger partial charge in [-0.15, -0.1) is 0 Å². The standard InChI is InChI=1S/C12H14ClF3N2/c1-7-3-4-18(8(7)2)11-10(13)5-9(6-17-11)12(14,15)16/h5-8H,3-4H2,1-2H3. The van der Waals surface area contributed by atoms with E-state index < -0.39 is 11.7 Å². The number of aromatic nitrogens is 1. The second-order valence-electron chi connectivity index (χ2n) is 4.73. The number of anilines is 1. The van der Waals surface area contributed by atoms with Crippen molar-refractivity contribution in [2.75, 3.05) is 11.4 Å². The van der Waals surface area contributed by atoms with Gasteiger partial charge in [-0.05, 0) is 25.3 Å². The van der Waals surface area contributed by atoms with Crippen molar-refractivity contribution >= 4 is 17.4 Å². The van der Waals surface area contributed by atoms with Crippen molar-refractivity contribution < 1.29 is 13.2 Å². The van der Waals surface area contributed by atoms with E-state index in [4.69, 9.17) is 11.6 Å². The summed E-state index contributed by atoms with van der Waals surface area (Å²) >= 11 is 5.92. The number of hydrogen-bond donors (Lipinski definition) is 0. The van der Waals surface area contributed by atoms with Gasteiger partial charge in [0.1, 0.15) is 5.82 Å². The second-order valence-corrected chi connectivity index (χ2v) is 5.13. The fraction of sp³-hybridized carbons (Fsp3) is 0.583. The van der Waals surface area contributed by atoms with E-state index in [1.165, 1.54) is 0 Å². The van der Waals surface area contributed by atoms with E-state index in [0.717, 1.165) is 25.2 Å². The van der Waals surface area contributed by atoms with Gasteiger partial charge in [0.2, 0.25) is 0 Å². The Morgan fingerprint density at radius 3 is 2.50 bits per heavy atom. The summed E-state index contributed by atoms with van der Waals surface area (Å²) in [5, 5.41) is 0.0609. The highest BCUT2D eigenvalue weighted by molar-refractivity contribution is 6.33. The molecule has 2 rings (SSSR count). The lowest BCUT2D eigenvalue weighted by molar-refractivity contribution is -0.137. The second kappa shape index (κ2) is 4.61. The van der Waals surface area contributed by atoms with Crippen LogP contribution in [0.25, 0.3) is 0 Å². The van der Waals surface area contributed by atoms with Crippen molar-refractivity contribution in [1.29, 1.82) is 0 Å². The van der Waals surface area contributed by atoms with Gasteiger partial charge in [0.05, 0.1) is 10.6 Å². The molecule has 1 fully saturated rings. The summed E-state index contributed by atoms with van der Waals surface area (Å²) in [6, 6.07) is 1.19. The number of hydrogen-bond acceptors (Lipinski definition) is 2. The molecule has 2 atom stereocenters. The van der Waals surface area contributed by atoms with Gasteiger partial charge < -0.3 is 4.90 Å². The first kappa shape index (κ1) is 13.5. The summed E-state index contributed by atoms with van der Waals surface area (Å²) in [5.74, 6) is 0.937. The zero-order valence-corrected chi connectivity index (χ0v) is 10.9. The first-order valence-corrected chi connectivity index (χ1v) is 6.18. The highest BCUT2D eigenvalue weighted by Gasteiger charge is 2.34. The van der Waals surface area contributed by atoms with E-state index in [1.807, 2.05) is 11.8 Å². The lowest BCUT2D eigenvalue weighted by Crippen LogP contribution is -2.30. The summed E-state index contributed by atoms with van der Waals surface area (Å²) in [6.07, 6.45) is -2.56. The van der Waals surface area contributed by atoms with Crippen LogP contribution in [0.5, 0.6) is 0 Å². The lowest BCUT2D eigenvalue weighted by Gasteiger charge is -2.25. The molecule has 1 aromatic heterocycles. The molecule has 0 aromatic carbocycles. The quantitative estimate of drug-likeness (QED) is 0.772. The first-order chi connectivity index (χ1) is 8.30. The van der Waals surface area contributed by atoms with E-state index in [9.17, 15) is 13.2 Å². The Morgan fingerprint density at radius 2 is 2.06 bits per heavy atom. The van der Waals surface area contributed by atoms with Gasteiger partial charge in [-0.2, -0.15) is 13.2 Å². The molecule has 0 saturated carbocycles. The number of halogens is 4. The third-order valence-electron chi connectivity index (χ3n) is 3.56. The van der Waals surface area contributed by atoms with Crippen LogP contribution in [-0.4, -0.2) is 17.6 Å². The van der Waals surface area contributed by atoms with Crippen LogP contribution in [0.3, 0.4) is 0 Å². The highest BCUT2D eigenvalue weighted by atomic mass is 35.5. The molecule has 1 saturated heterocycles. The third kappa shape index (κ3) is 2.41. The maximum atomic E-state index is 12.5. The predicted molar refractivity (Wildman–Crippen MR) is 64.8 cm³/mol. The zero-order chi connectivity index (χ0) is 13.5. The van der Waals surface area contributed by atoms with E-state index in [-0.39, 0.29) is 11.1 Å². The highest BCUT2D eigenvalue weighted by Crippen LogP contribution is 2.36. The molecule has 0 N–H and O–H groups in total. The predicted octanol–water partition coefficient (Wildman–Crippen LogP) is 3.99. The minimum absolute atomic E-state index is 0.0609. The molecule has 0 aliphatic carbocycles. The van der Waals surface area contributed by atoms with Crippen LogP contribution in [-0.2, 0) is 6.18 Å². The molecule has 100 valence electrons. The third-order valence-corrected chi connectivity index (χ3v) is 3.84.